The normalized spacial score (nSPS) is 10.3. The highest BCUT2D eigenvalue weighted by Gasteiger charge is 2.09. The molecule has 2 aromatic rings. The van der Waals surface area contributed by atoms with E-state index >= 15 is 0 Å². The molecule has 0 aliphatic rings. The number of carbonyl (C=O) groups is 1. The van der Waals surface area contributed by atoms with Crippen LogP contribution in [0.3, 0.4) is 0 Å². The van der Waals surface area contributed by atoms with Crippen molar-refractivity contribution in [3.63, 3.8) is 0 Å². The van der Waals surface area contributed by atoms with Gasteiger partial charge in [0.05, 0.1) is 6.33 Å². The van der Waals surface area contributed by atoms with Gasteiger partial charge in [-0.25, -0.2) is 4.98 Å². The zero-order valence-corrected chi connectivity index (χ0v) is 8.71. The lowest BCUT2D eigenvalue weighted by molar-refractivity contribution is 0.0902. The van der Waals surface area contributed by atoms with E-state index in [1.54, 1.807) is 24.7 Å². The molecule has 0 spiro atoms. The van der Waals surface area contributed by atoms with Crippen molar-refractivity contribution in [1.29, 1.82) is 0 Å². The maximum atomic E-state index is 11.5. The topological polar surface area (TPSA) is 55.1 Å². The van der Waals surface area contributed by atoms with Crippen LogP contribution in [-0.2, 0) is 6.54 Å². The van der Waals surface area contributed by atoms with Crippen molar-refractivity contribution >= 4 is 5.78 Å². The van der Waals surface area contributed by atoms with Gasteiger partial charge in [-0.3, -0.25) is 4.79 Å². The van der Waals surface area contributed by atoms with Gasteiger partial charge in [-0.2, -0.15) is 0 Å². The SMILES string of the molecule is O=C(CO)c1ccccc1Cn1ccnc1. The van der Waals surface area contributed by atoms with E-state index in [-0.39, 0.29) is 5.78 Å². The highest BCUT2D eigenvalue weighted by molar-refractivity contribution is 5.98. The van der Waals surface area contributed by atoms with Crippen molar-refractivity contribution in [1.82, 2.24) is 9.55 Å². The van der Waals surface area contributed by atoms with E-state index in [1.165, 1.54) is 0 Å². The molecular weight excluding hydrogens is 204 g/mol. The largest absolute Gasteiger partial charge is 0.388 e. The van der Waals surface area contributed by atoms with E-state index < -0.39 is 6.61 Å². The number of imidazole rings is 1. The Morgan fingerprint density at radius 2 is 2.19 bits per heavy atom. The average Bonchev–Trinajstić information content (AvgIpc) is 2.82. The van der Waals surface area contributed by atoms with Crippen molar-refractivity contribution < 1.29 is 9.90 Å². The third kappa shape index (κ3) is 2.17. The van der Waals surface area contributed by atoms with E-state index in [9.17, 15) is 4.79 Å². The summed E-state index contributed by atoms with van der Waals surface area (Å²) in [6, 6.07) is 7.27. The van der Waals surface area contributed by atoms with Gasteiger partial charge in [0.15, 0.2) is 5.78 Å². The summed E-state index contributed by atoms with van der Waals surface area (Å²) in [5.74, 6) is -0.254. The number of rotatable bonds is 4. The van der Waals surface area contributed by atoms with Crippen molar-refractivity contribution in [2.75, 3.05) is 6.61 Å². The summed E-state index contributed by atoms with van der Waals surface area (Å²) in [5, 5.41) is 8.87. The predicted octanol–water partition coefficient (Wildman–Crippen LogP) is 1.11. The number of benzene rings is 1. The number of aromatic nitrogens is 2. The summed E-state index contributed by atoms with van der Waals surface area (Å²) in [4.78, 5) is 15.4. The number of Topliss-reactive ketones (excluding diaryl/α,β-unsaturated/α-hetero) is 1. The second-order valence-electron chi connectivity index (χ2n) is 3.47. The van der Waals surface area contributed by atoms with Crippen LogP contribution in [0.1, 0.15) is 15.9 Å². The molecule has 0 saturated carbocycles. The van der Waals surface area contributed by atoms with Crippen molar-refractivity contribution in [3.05, 3.63) is 54.1 Å². The van der Waals surface area contributed by atoms with Crippen molar-refractivity contribution in [2.45, 2.75) is 6.54 Å². The van der Waals surface area contributed by atoms with Crippen molar-refractivity contribution in [3.8, 4) is 0 Å². The molecule has 0 unspecified atom stereocenters. The lowest BCUT2D eigenvalue weighted by Gasteiger charge is -2.07. The molecule has 2 rings (SSSR count). The van der Waals surface area contributed by atoms with E-state index in [4.69, 9.17) is 5.11 Å². The monoisotopic (exact) mass is 216 g/mol. The first kappa shape index (κ1) is 10.6. The summed E-state index contributed by atoms with van der Waals surface area (Å²) < 4.78 is 1.88. The highest BCUT2D eigenvalue weighted by atomic mass is 16.3. The van der Waals surface area contributed by atoms with Crippen LogP contribution in [0.15, 0.2) is 43.0 Å². The molecule has 1 heterocycles. The van der Waals surface area contributed by atoms with Gasteiger partial charge in [0.1, 0.15) is 6.61 Å². The minimum atomic E-state index is -0.457. The fraction of sp³-hybridized carbons (Fsp3) is 0.167. The molecule has 4 nitrogen and oxygen atoms in total. The molecular formula is C12H12N2O2. The van der Waals surface area contributed by atoms with Gasteiger partial charge < -0.3 is 9.67 Å². The van der Waals surface area contributed by atoms with Gasteiger partial charge in [0.25, 0.3) is 0 Å². The fourth-order valence-corrected chi connectivity index (χ4v) is 1.59. The van der Waals surface area contributed by atoms with E-state index in [2.05, 4.69) is 4.98 Å². The van der Waals surface area contributed by atoms with E-state index in [0.717, 1.165) is 5.56 Å². The Bertz CT molecular complexity index is 478. The summed E-state index contributed by atoms with van der Waals surface area (Å²) >= 11 is 0. The second kappa shape index (κ2) is 4.72. The number of nitrogens with zero attached hydrogens (tertiary/aromatic N) is 2. The first-order valence-corrected chi connectivity index (χ1v) is 4.99. The zero-order valence-electron chi connectivity index (χ0n) is 8.71. The Morgan fingerprint density at radius 1 is 1.38 bits per heavy atom. The molecule has 1 N–H and O–H groups in total. The number of aliphatic hydroxyl groups excluding tert-OH is 1. The molecule has 0 saturated heterocycles. The minimum absolute atomic E-state index is 0.254. The third-order valence-corrected chi connectivity index (χ3v) is 2.37. The molecule has 0 aliphatic carbocycles. The van der Waals surface area contributed by atoms with Crippen LogP contribution in [0, 0.1) is 0 Å². The van der Waals surface area contributed by atoms with E-state index in [1.807, 2.05) is 22.9 Å². The number of hydrogen-bond donors (Lipinski definition) is 1. The summed E-state index contributed by atoms with van der Waals surface area (Å²) in [6.07, 6.45) is 5.22. The van der Waals surface area contributed by atoms with Gasteiger partial charge in [0.2, 0.25) is 0 Å². The van der Waals surface area contributed by atoms with Crippen LogP contribution < -0.4 is 0 Å². The summed E-state index contributed by atoms with van der Waals surface area (Å²) in [7, 11) is 0. The molecule has 0 bridgehead atoms. The highest BCUT2D eigenvalue weighted by Crippen LogP contribution is 2.11. The van der Waals surface area contributed by atoms with Crippen LogP contribution in [0.25, 0.3) is 0 Å². The molecule has 82 valence electrons. The third-order valence-electron chi connectivity index (χ3n) is 2.37. The molecule has 0 amide bonds. The Morgan fingerprint density at radius 3 is 2.88 bits per heavy atom. The molecule has 1 aromatic heterocycles. The molecule has 0 aliphatic heterocycles. The Hall–Kier alpha value is -1.94. The summed E-state index contributed by atoms with van der Waals surface area (Å²) in [5.41, 5.74) is 1.46. The predicted molar refractivity (Wildman–Crippen MR) is 59.2 cm³/mol. The average molecular weight is 216 g/mol. The van der Waals surface area contributed by atoms with Gasteiger partial charge in [-0.05, 0) is 5.56 Å². The Balaban J connectivity index is 2.30. The van der Waals surface area contributed by atoms with Crippen LogP contribution in [0.2, 0.25) is 0 Å². The van der Waals surface area contributed by atoms with Gasteiger partial charge in [-0.1, -0.05) is 24.3 Å². The van der Waals surface area contributed by atoms with Crippen LogP contribution in [0.5, 0.6) is 0 Å². The zero-order chi connectivity index (χ0) is 11.4. The number of aliphatic hydroxyl groups is 1. The van der Waals surface area contributed by atoms with Gasteiger partial charge in [0, 0.05) is 24.5 Å². The van der Waals surface area contributed by atoms with Crippen LogP contribution >= 0.6 is 0 Å². The van der Waals surface area contributed by atoms with Crippen molar-refractivity contribution in [2.24, 2.45) is 0 Å². The van der Waals surface area contributed by atoms with Crippen LogP contribution in [0.4, 0.5) is 0 Å². The second-order valence-corrected chi connectivity index (χ2v) is 3.47. The smallest absolute Gasteiger partial charge is 0.188 e. The first-order chi connectivity index (χ1) is 7.81. The maximum absolute atomic E-state index is 11.5. The Labute approximate surface area is 93.2 Å². The first-order valence-electron chi connectivity index (χ1n) is 4.99. The molecule has 4 heteroatoms. The maximum Gasteiger partial charge on any atom is 0.188 e. The number of carbonyl (C=O) groups excluding carboxylic acids is 1. The van der Waals surface area contributed by atoms with E-state index in [0.29, 0.717) is 12.1 Å². The number of hydrogen-bond acceptors (Lipinski definition) is 3. The van der Waals surface area contributed by atoms with Gasteiger partial charge in [-0.15, -0.1) is 0 Å². The van der Waals surface area contributed by atoms with Gasteiger partial charge >= 0.3 is 0 Å². The van der Waals surface area contributed by atoms with Crippen LogP contribution in [-0.4, -0.2) is 27.0 Å². The fourth-order valence-electron chi connectivity index (χ4n) is 1.59. The molecule has 0 atom stereocenters. The standard InChI is InChI=1S/C12H12N2O2/c15-8-12(16)11-4-2-1-3-10(11)7-14-6-5-13-9-14/h1-6,9,15H,7-8H2. The minimum Gasteiger partial charge on any atom is -0.388 e. The number of ketones is 1. The lowest BCUT2D eigenvalue weighted by Crippen LogP contribution is -2.09. The summed E-state index contributed by atoms with van der Waals surface area (Å²) in [6.45, 7) is 0.128. The molecule has 16 heavy (non-hydrogen) atoms. The molecule has 1 aromatic carbocycles. The Kier molecular flexibility index (Phi) is 3.12. The molecule has 0 fully saturated rings. The lowest BCUT2D eigenvalue weighted by atomic mass is 10.0. The molecule has 0 radical (unpaired) electrons. The quantitative estimate of drug-likeness (QED) is 0.779.